The number of benzene rings is 1. The third kappa shape index (κ3) is 4.51. The Balaban J connectivity index is 1.75. The van der Waals surface area contributed by atoms with E-state index in [-0.39, 0.29) is 18.8 Å². The molecule has 1 aliphatic rings. The number of amides is 1. The Morgan fingerprint density at radius 3 is 2.96 bits per heavy atom. The molecule has 2 N–H and O–H groups in total. The Labute approximate surface area is 156 Å². The summed E-state index contributed by atoms with van der Waals surface area (Å²) in [5.74, 6) is -0.817. The summed E-state index contributed by atoms with van der Waals surface area (Å²) in [6, 6.07) is 6.36. The van der Waals surface area contributed by atoms with E-state index in [0.717, 1.165) is 28.9 Å². The molecule has 3 rings (SSSR count). The summed E-state index contributed by atoms with van der Waals surface area (Å²) >= 11 is 0. The van der Waals surface area contributed by atoms with Crippen molar-refractivity contribution in [3.8, 4) is 16.9 Å². The number of carbonyl (C=O) groups is 2. The largest absolute Gasteiger partial charge is 0.493 e. The molecule has 1 aliphatic heterocycles. The molecular weight excluding hydrogens is 348 g/mol. The van der Waals surface area contributed by atoms with E-state index in [2.05, 4.69) is 16.9 Å². The number of rotatable bonds is 8. The quantitative estimate of drug-likeness (QED) is 0.547. The highest BCUT2D eigenvalue weighted by atomic mass is 16.5. The van der Waals surface area contributed by atoms with Crippen molar-refractivity contribution >= 4 is 11.9 Å². The van der Waals surface area contributed by atoms with Crippen molar-refractivity contribution in [2.45, 2.75) is 12.5 Å². The van der Waals surface area contributed by atoms with Gasteiger partial charge in [-0.3, -0.25) is 9.78 Å². The Morgan fingerprint density at radius 2 is 2.19 bits per heavy atom. The first-order valence-electron chi connectivity index (χ1n) is 8.52. The number of carbonyl (C=O) groups excluding carboxylic acids is 1. The highest BCUT2D eigenvalue weighted by molar-refractivity contribution is 5.97. The molecule has 2 aromatic rings. The van der Waals surface area contributed by atoms with Crippen molar-refractivity contribution in [2.75, 3.05) is 19.8 Å². The summed E-state index contributed by atoms with van der Waals surface area (Å²) < 4.78 is 10.6. The molecule has 1 aromatic carbocycles. The fraction of sp³-hybridized carbons (Fsp3) is 0.250. The van der Waals surface area contributed by atoms with Crippen LogP contribution in [0.3, 0.4) is 0 Å². The molecule has 0 aliphatic carbocycles. The smallest absolute Gasteiger partial charge is 0.328 e. The lowest BCUT2D eigenvalue weighted by molar-refractivity contribution is -0.140. The highest BCUT2D eigenvalue weighted by Gasteiger charge is 2.21. The molecule has 1 atom stereocenters. The maximum atomic E-state index is 12.5. The number of hydrogen-bond acceptors (Lipinski definition) is 5. The maximum absolute atomic E-state index is 12.5. The zero-order valence-corrected chi connectivity index (χ0v) is 14.7. The summed E-state index contributed by atoms with van der Waals surface area (Å²) in [7, 11) is 0. The minimum absolute atomic E-state index is 0.148. The number of carboxylic acids is 1. The molecule has 0 saturated heterocycles. The van der Waals surface area contributed by atoms with E-state index in [1.165, 1.54) is 12.3 Å². The molecule has 7 heteroatoms. The monoisotopic (exact) mass is 368 g/mol. The molecule has 0 bridgehead atoms. The average molecular weight is 368 g/mol. The predicted octanol–water partition coefficient (Wildman–Crippen LogP) is 2.07. The van der Waals surface area contributed by atoms with Gasteiger partial charge in [-0.2, -0.15) is 0 Å². The molecule has 0 saturated carbocycles. The molecule has 0 fully saturated rings. The van der Waals surface area contributed by atoms with Gasteiger partial charge in [0, 0.05) is 24.4 Å². The van der Waals surface area contributed by atoms with Crippen LogP contribution in [0, 0.1) is 0 Å². The van der Waals surface area contributed by atoms with Crippen LogP contribution in [0.2, 0.25) is 0 Å². The van der Waals surface area contributed by atoms with Crippen molar-refractivity contribution in [1.82, 2.24) is 10.3 Å². The van der Waals surface area contributed by atoms with Gasteiger partial charge < -0.3 is 19.9 Å². The van der Waals surface area contributed by atoms with Crippen molar-refractivity contribution in [2.24, 2.45) is 0 Å². The summed E-state index contributed by atoms with van der Waals surface area (Å²) in [4.78, 5) is 27.9. The van der Waals surface area contributed by atoms with E-state index in [1.54, 1.807) is 12.3 Å². The van der Waals surface area contributed by atoms with Gasteiger partial charge in [0.2, 0.25) is 0 Å². The molecule has 1 amide bonds. The van der Waals surface area contributed by atoms with E-state index in [0.29, 0.717) is 6.61 Å². The normalized spacial score (nSPS) is 13.3. The molecule has 27 heavy (non-hydrogen) atoms. The maximum Gasteiger partial charge on any atom is 0.328 e. The Morgan fingerprint density at radius 1 is 1.33 bits per heavy atom. The van der Waals surface area contributed by atoms with Crippen LogP contribution in [0.15, 0.2) is 49.3 Å². The molecule has 0 spiro atoms. The van der Waals surface area contributed by atoms with Gasteiger partial charge in [-0.25, -0.2) is 4.79 Å². The number of fused-ring (bicyclic) bond motifs is 1. The number of aliphatic carboxylic acids is 1. The summed E-state index contributed by atoms with van der Waals surface area (Å²) in [5, 5.41) is 11.7. The zero-order valence-electron chi connectivity index (χ0n) is 14.7. The number of pyridine rings is 1. The number of ether oxygens (including phenoxy) is 2. The number of nitrogens with one attached hydrogen (secondary N) is 1. The molecule has 1 aromatic heterocycles. The minimum atomic E-state index is -1.17. The second-order valence-electron chi connectivity index (χ2n) is 6.07. The van der Waals surface area contributed by atoms with Crippen molar-refractivity contribution in [1.29, 1.82) is 0 Å². The molecule has 140 valence electrons. The molecule has 2 heterocycles. The number of carboxylic acid groups (broad SMARTS) is 1. The van der Waals surface area contributed by atoms with Crippen LogP contribution in [0.4, 0.5) is 0 Å². The first-order valence-corrected chi connectivity index (χ1v) is 8.52. The van der Waals surface area contributed by atoms with E-state index < -0.39 is 17.9 Å². The first kappa shape index (κ1) is 18.6. The molecule has 0 radical (unpaired) electrons. The van der Waals surface area contributed by atoms with Crippen LogP contribution >= 0.6 is 0 Å². The Kier molecular flexibility index (Phi) is 5.83. The van der Waals surface area contributed by atoms with E-state index in [1.807, 2.05) is 18.2 Å². The van der Waals surface area contributed by atoms with Crippen LogP contribution < -0.4 is 10.1 Å². The van der Waals surface area contributed by atoms with E-state index in [4.69, 9.17) is 9.47 Å². The van der Waals surface area contributed by atoms with Gasteiger partial charge in [-0.15, -0.1) is 6.58 Å². The Bertz CT molecular complexity index is 865. The second-order valence-corrected chi connectivity index (χ2v) is 6.07. The first-order chi connectivity index (χ1) is 13.1. The van der Waals surface area contributed by atoms with Crippen LogP contribution in [-0.2, 0) is 16.0 Å². The third-order valence-corrected chi connectivity index (χ3v) is 4.15. The van der Waals surface area contributed by atoms with Crippen molar-refractivity contribution in [3.63, 3.8) is 0 Å². The lowest BCUT2D eigenvalue weighted by atomic mass is 10.0. The standard InChI is InChI=1S/C20H20N2O5/c1-2-6-26-12-17(20(24)25)22-19(23)16-9-15(10-21-11-16)13-3-4-18-14(8-13)5-7-27-18/h2-4,8-11,17H,1,5-7,12H2,(H,22,23)(H,24,25). The van der Waals surface area contributed by atoms with Crippen LogP contribution in [-0.4, -0.2) is 47.8 Å². The van der Waals surface area contributed by atoms with Gasteiger partial charge in [-0.1, -0.05) is 12.1 Å². The second kappa shape index (κ2) is 8.46. The molecular formula is C20H20N2O5. The summed E-state index contributed by atoms with van der Waals surface area (Å²) in [6.07, 6.45) is 5.42. The van der Waals surface area contributed by atoms with Crippen molar-refractivity contribution in [3.05, 3.63) is 60.4 Å². The molecule has 1 unspecified atom stereocenters. The topological polar surface area (TPSA) is 97.8 Å². The number of hydrogen-bond donors (Lipinski definition) is 2. The third-order valence-electron chi connectivity index (χ3n) is 4.15. The minimum Gasteiger partial charge on any atom is -0.493 e. The SMILES string of the molecule is C=CCOCC(NC(=O)c1cncc(-c2ccc3c(c2)CCO3)c1)C(=O)O. The number of nitrogens with zero attached hydrogens (tertiary/aromatic N) is 1. The van der Waals surface area contributed by atoms with Gasteiger partial charge in [0.1, 0.15) is 5.75 Å². The average Bonchev–Trinajstić information content (AvgIpc) is 3.15. The summed E-state index contributed by atoms with van der Waals surface area (Å²) in [5.41, 5.74) is 3.09. The fourth-order valence-electron chi connectivity index (χ4n) is 2.77. The van der Waals surface area contributed by atoms with Crippen LogP contribution in [0.25, 0.3) is 11.1 Å². The van der Waals surface area contributed by atoms with Crippen molar-refractivity contribution < 1.29 is 24.2 Å². The van der Waals surface area contributed by atoms with Gasteiger partial charge in [-0.05, 0) is 29.3 Å². The summed E-state index contributed by atoms with van der Waals surface area (Å²) in [6.45, 7) is 4.23. The van der Waals surface area contributed by atoms with E-state index >= 15 is 0 Å². The van der Waals surface area contributed by atoms with Gasteiger partial charge in [0.25, 0.3) is 5.91 Å². The predicted molar refractivity (Wildman–Crippen MR) is 98.8 cm³/mol. The van der Waals surface area contributed by atoms with Crippen LogP contribution in [0.5, 0.6) is 5.75 Å². The number of aromatic nitrogens is 1. The zero-order chi connectivity index (χ0) is 19.2. The van der Waals surface area contributed by atoms with Gasteiger partial charge in [0.15, 0.2) is 6.04 Å². The Hall–Kier alpha value is -3.19. The van der Waals surface area contributed by atoms with Gasteiger partial charge >= 0.3 is 5.97 Å². The van der Waals surface area contributed by atoms with E-state index in [9.17, 15) is 14.7 Å². The van der Waals surface area contributed by atoms with Gasteiger partial charge in [0.05, 0.1) is 25.4 Å². The lowest BCUT2D eigenvalue weighted by Gasteiger charge is -2.14. The highest BCUT2D eigenvalue weighted by Crippen LogP contribution is 2.30. The van der Waals surface area contributed by atoms with Crippen LogP contribution in [0.1, 0.15) is 15.9 Å². The fourth-order valence-corrected chi connectivity index (χ4v) is 2.77. The molecule has 7 nitrogen and oxygen atoms in total. The lowest BCUT2D eigenvalue weighted by Crippen LogP contribution is -2.44.